The summed E-state index contributed by atoms with van der Waals surface area (Å²) in [6.07, 6.45) is 0. The van der Waals surface area contributed by atoms with Gasteiger partial charge >= 0.3 is 0 Å². The molecule has 0 amide bonds. The number of ether oxygens (including phenoxy) is 1. The summed E-state index contributed by atoms with van der Waals surface area (Å²) < 4.78 is 5.04. The molecule has 3 nitrogen and oxygen atoms in total. The van der Waals surface area contributed by atoms with Gasteiger partial charge in [0.05, 0.1) is 12.1 Å². The maximum atomic E-state index is 5.76. The Morgan fingerprint density at radius 3 is 2.94 bits per heavy atom. The number of nitrogens with zero attached hydrogens (tertiary/aromatic N) is 1. The van der Waals surface area contributed by atoms with Crippen LogP contribution in [0.5, 0.6) is 0 Å². The Kier molecular flexibility index (Phi) is 4.36. The average molecular weight is 248 g/mol. The van der Waals surface area contributed by atoms with Crippen molar-refractivity contribution in [3.05, 3.63) is 35.9 Å². The number of methoxy groups -OCH3 is 1. The molecule has 0 spiro atoms. The first-order valence-corrected chi connectivity index (χ1v) is 6.54. The second-order valence-electron chi connectivity index (χ2n) is 3.69. The van der Waals surface area contributed by atoms with Crippen molar-refractivity contribution in [1.29, 1.82) is 0 Å². The Bertz CT molecular complexity index is 502. The zero-order valence-electron chi connectivity index (χ0n) is 9.85. The van der Waals surface area contributed by atoms with Crippen molar-refractivity contribution in [3.63, 3.8) is 0 Å². The van der Waals surface area contributed by atoms with Crippen LogP contribution in [0.3, 0.4) is 0 Å². The summed E-state index contributed by atoms with van der Waals surface area (Å²) >= 11 is 1.69. The van der Waals surface area contributed by atoms with Gasteiger partial charge in [-0.3, -0.25) is 0 Å². The summed E-state index contributed by atoms with van der Waals surface area (Å²) in [5, 5.41) is 2.16. The Morgan fingerprint density at radius 2 is 2.18 bits per heavy atom. The predicted octanol–water partition coefficient (Wildman–Crippen LogP) is 2.43. The number of pyridine rings is 1. The molecule has 1 heterocycles. The fourth-order valence-electron chi connectivity index (χ4n) is 1.63. The van der Waals surface area contributed by atoms with Gasteiger partial charge in [0.2, 0.25) is 0 Å². The minimum Gasteiger partial charge on any atom is -0.384 e. The lowest BCUT2D eigenvalue weighted by Gasteiger charge is -2.08. The molecule has 1 aromatic carbocycles. The first kappa shape index (κ1) is 12.4. The van der Waals surface area contributed by atoms with Crippen LogP contribution in [0.15, 0.2) is 35.4 Å². The molecule has 0 atom stereocenters. The minimum atomic E-state index is 0.521. The first-order valence-electron chi connectivity index (χ1n) is 5.55. The molecule has 0 aliphatic carbocycles. The van der Waals surface area contributed by atoms with Crippen molar-refractivity contribution in [2.75, 3.05) is 19.5 Å². The molecule has 0 radical (unpaired) electrons. The predicted molar refractivity (Wildman–Crippen MR) is 72.2 cm³/mol. The number of para-hydroxylation sites is 1. The van der Waals surface area contributed by atoms with Crippen molar-refractivity contribution in [1.82, 2.24) is 4.98 Å². The zero-order chi connectivity index (χ0) is 12.1. The van der Waals surface area contributed by atoms with E-state index in [1.807, 2.05) is 18.2 Å². The van der Waals surface area contributed by atoms with Crippen LogP contribution in [0.2, 0.25) is 0 Å². The number of benzene rings is 1. The van der Waals surface area contributed by atoms with E-state index in [9.17, 15) is 0 Å². The summed E-state index contributed by atoms with van der Waals surface area (Å²) in [5.74, 6) is 0.898. The standard InChI is InChI=1S/C13H16N2OS/c1-16-6-7-17-13-11(9-14)8-10-4-2-3-5-12(10)15-13/h2-5,8H,6-7,9,14H2,1H3. The highest BCUT2D eigenvalue weighted by atomic mass is 32.2. The topological polar surface area (TPSA) is 48.1 Å². The second kappa shape index (κ2) is 6.00. The van der Waals surface area contributed by atoms with Crippen molar-refractivity contribution in [2.45, 2.75) is 11.6 Å². The molecule has 2 N–H and O–H groups in total. The molecule has 0 saturated carbocycles. The number of thioether (sulfide) groups is 1. The second-order valence-corrected chi connectivity index (χ2v) is 4.77. The number of aromatic nitrogens is 1. The van der Waals surface area contributed by atoms with E-state index in [0.29, 0.717) is 6.54 Å². The SMILES string of the molecule is COCCSc1nc2ccccc2cc1CN. The summed E-state index contributed by atoms with van der Waals surface area (Å²) in [4.78, 5) is 4.65. The van der Waals surface area contributed by atoms with Crippen LogP contribution in [0.4, 0.5) is 0 Å². The summed E-state index contributed by atoms with van der Waals surface area (Å²) in [5.41, 5.74) is 7.88. The number of hydrogen-bond acceptors (Lipinski definition) is 4. The highest BCUT2D eigenvalue weighted by Gasteiger charge is 2.05. The molecule has 0 unspecified atom stereocenters. The Hall–Kier alpha value is -1.10. The highest BCUT2D eigenvalue weighted by molar-refractivity contribution is 7.99. The summed E-state index contributed by atoms with van der Waals surface area (Å²) in [6, 6.07) is 10.2. The molecular formula is C13H16N2OS. The van der Waals surface area contributed by atoms with Gasteiger partial charge in [-0.1, -0.05) is 18.2 Å². The number of nitrogens with two attached hydrogens (primary N) is 1. The van der Waals surface area contributed by atoms with Crippen LogP contribution >= 0.6 is 11.8 Å². The molecule has 4 heteroatoms. The van der Waals surface area contributed by atoms with Gasteiger partial charge in [0.15, 0.2) is 0 Å². The third-order valence-electron chi connectivity index (χ3n) is 2.51. The lowest BCUT2D eigenvalue weighted by atomic mass is 10.1. The van der Waals surface area contributed by atoms with Crippen LogP contribution in [-0.4, -0.2) is 24.5 Å². The van der Waals surface area contributed by atoms with Crippen molar-refractivity contribution in [3.8, 4) is 0 Å². The Balaban J connectivity index is 2.32. The van der Waals surface area contributed by atoms with E-state index < -0.39 is 0 Å². The lowest BCUT2D eigenvalue weighted by molar-refractivity contribution is 0.218. The molecule has 0 fully saturated rings. The van der Waals surface area contributed by atoms with E-state index in [0.717, 1.165) is 33.9 Å². The molecule has 1 aromatic heterocycles. The van der Waals surface area contributed by atoms with Gasteiger partial charge < -0.3 is 10.5 Å². The van der Waals surface area contributed by atoms with Gasteiger partial charge in [-0.15, -0.1) is 11.8 Å². The monoisotopic (exact) mass is 248 g/mol. The quantitative estimate of drug-likeness (QED) is 0.652. The minimum absolute atomic E-state index is 0.521. The van der Waals surface area contributed by atoms with Crippen LogP contribution in [0, 0.1) is 0 Å². The van der Waals surface area contributed by atoms with E-state index in [-0.39, 0.29) is 0 Å². The normalized spacial score (nSPS) is 10.9. The first-order chi connectivity index (χ1) is 8.35. The average Bonchev–Trinajstić information content (AvgIpc) is 2.38. The van der Waals surface area contributed by atoms with Crippen LogP contribution in [0.1, 0.15) is 5.56 Å². The maximum absolute atomic E-state index is 5.76. The third kappa shape index (κ3) is 2.97. The molecular weight excluding hydrogens is 232 g/mol. The molecule has 90 valence electrons. The van der Waals surface area contributed by atoms with Gasteiger partial charge in [0, 0.05) is 24.8 Å². The van der Waals surface area contributed by atoms with Gasteiger partial charge in [0.1, 0.15) is 5.03 Å². The fraction of sp³-hybridized carbons (Fsp3) is 0.308. The number of rotatable bonds is 5. The van der Waals surface area contributed by atoms with Gasteiger partial charge in [-0.2, -0.15) is 0 Å². The van der Waals surface area contributed by atoms with E-state index >= 15 is 0 Å². The molecule has 17 heavy (non-hydrogen) atoms. The van der Waals surface area contributed by atoms with Crippen molar-refractivity contribution in [2.24, 2.45) is 5.73 Å². The van der Waals surface area contributed by atoms with E-state index in [4.69, 9.17) is 10.5 Å². The van der Waals surface area contributed by atoms with E-state index in [1.54, 1.807) is 18.9 Å². The molecule has 0 aliphatic rings. The Labute approximate surface area is 105 Å². The molecule has 0 bridgehead atoms. The molecule has 2 rings (SSSR count). The van der Waals surface area contributed by atoms with Crippen molar-refractivity contribution >= 4 is 22.7 Å². The van der Waals surface area contributed by atoms with E-state index in [2.05, 4.69) is 17.1 Å². The third-order valence-corrected chi connectivity index (χ3v) is 3.51. The van der Waals surface area contributed by atoms with Crippen LogP contribution in [0.25, 0.3) is 10.9 Å². The lowest BCUT2D eigenvalue weighted by Crippen LogP contribution is -2.02. The van der Waals surface area contributed by atoms with Gasteiger partial charge in [-0.25, -0.2) is 4.98 Å². The molecule has 0 saturated heterocycles. The highest BCUT2D eigenvalue weighted by Crippen LogP contribution is 2.24. The number of hydrogen-bond donors (Lipinski definition) is 1. The largest absolute Gasteiger partial charge is 0.384 e. The van der Waals surface area contributed by atoms with Crippen LogP contribution < -0.4 is 5.73 Å². The van der Waals surface area contributed by atoms with Gasteiger partial charge in [-0.05, 0) is 17.7 Å². The van der Waals surface area contributed by atoms with E-state index in [1.165, 1.54) is 0 Å². The maximum Gasteiger partial charge on any atom is 0.101 e. The molecule has 0 aliphatic heterocycles. The Morgan fingerprint density at radius 1 is 1.35 bits per heavy atom. The summed E-state index contributed by atoms with van der Waals surface area (Å²) in [7, 11) is 1.71. The fourth-order valence-corrected chi connectivity index (χ4v) is 2.57. The van der Waals surface area contributed by atoms with Crippen LogP contribution in [-0.2, 0) is 11.3 Å². The number of fused-ring (bicyclic) bond motifs is 1. The summed E-state index contributed by atoms with van der Waals surface area (Å²) in [6.45, 7) is 1.25. The van der Waals surface area contributed by atoms with Gasteiger partial charge in [0.25, 0.3) is 0 Å². The zero-order valence-corrected chi connectivity index (χ0v) is 10.7. The van der Waals surface area contributed by atoms with Crippen molar-refractivity contribution < 1.29 is 4.74 Å². The smallest absolute Gasteiger partial charge is 0.101 e. The molecule has 2 aromatic rings.